The molecule has 0 aliphatic carbocycles. The molecule has 0 radical (unpaired) electrons. The van der Waals surface area contributed by atoms with Gasteiger partial charge < -0.3 is 15.4 Å². The minimum absolute atomic E-state index is 0.141. The van der Waals surface area contributed by atoms with E-state index in [0.717, 1.165) is 5.01 Å². The molecular formula is C17H17N3O3S. The van der Waals surface area contributed by atoms with Crippen molar-refractivity contribution in [3.8, 4) is 17.6 Å². The Balaban J connectivity index is 1.74. The van der Waals surface area contributed by atoms with Crippen LogP contribution < -0.4 is 15.4 Å². The lowest BCUT2D eigenvalue weighted by atomic mass is 10.3. The average molecular weight is 343 g/mol. The molecule has 2 aromatic rings. The highest BCUT2D eigenvalue weighted by Gasteiger charge is 2.07. The number of thiazole rings is 1. The SMILES string of the molecule is CC(=O)Nc1cccc(OCC#CCNC(=O)c2csc(C)n2)c1. The number of nitrogens with one attached hydrogen (secondary N) is 2. The number of amides is 2. The third-order valence-corrected chi connectivity index (χ3v) is 3.55. The zero-order valence-electron chi connectivity index (χ0n) is 13.4. The van der Waals surface area contributed by atoms with Crippen LogP contribution in [0.25, 0.3) is 0 Å². The second kappa shape index (κ2) is 8.70. The van der Waals surface area contributed by atoms with Gasteiger partial charge >= 0.3 is 0 Å². The number of benzene rings is 1. The molecule has 0 spiro atoms. The van der Waals surface area contributed by atoms with E-state index in [0.29, 0.717) is 17.1 Å². The summed E-state index contributed by atoms with van der Waals surface area (Å²) in [6.07, 6.45) is 0. The maximum absolute atomic E-state index is 11.7. The summed E-state index contributed by atoms with van der Waals surface area (Å²) in [4.78, 5) is 26.8. The lowest BCUT2D eigenvalue weighted by Crippen LogP contribution is -2.23. The molecule has 2 rings (SSSR count). The fraction of sp³-hybridized carbons (Fsp3) is 0.235. The Kier molecular flexibility index (Phi) is 6.34. The van der Waals surface area contributed by atoms with Crippen molar-refractivity contribution in [2.75, 3.05) is 18.5 Å². The lowest BCUT2D eigenvalue weighted by Gasteiger charge is -2.05. The molecule has 1 aromatic carbocycles. The summed E-state index contributed by atoms with van der Waals surface area (Å²) in [5.74, 6) is 5.85. The van der Waals surface area contributed by atoms with E-state index in [1.807, 2.05) is 6.92 Å². The predicted molar refractivity (Wildman–Crippen MR) is 93.2 cm³/mol. The van der Waals surface area contributed by atoms with E-state index in [1.54, 1.807) is 29.6 Å². The van der Waals surface area contributed by atoms with Gasteiger partial charge in [0.2, 0.25) is 5.91 Å². The molecule has 0 saturated heterocycles. The highest BCUT2D eigenvalue weighted by Crippen LogP contribution is 2.16. The number of hydrogen-bond acceptors (Lipinski definition) is 5. The van der Waals surface area contributed by atoms with Crippen molar-refractivity contribution < 1.29 is 14.3 Å². The van der Waals surface area contributed by atoms with Crippen LogP contribution in [0.1, 0.15) is 22.4 Å². The van der Waals surface area contributed by atoms with E-state index in [9.17, 15) is 9.59 Å². The molecule has 1 heterocycles. The number of carbonyl (C=O) groups is 2. The number of aromatic nitrogens is 1. The zero-order valence-corrected chi connectivity index (χ0v) is 14.2. The molecule has 7 heteroatoms. The number of nitrogens with zero attached hydrogens (tertiary/aromatic N) is 1. The first-order chi connectivity index (χ1) is 11.5. The second-order valence-corrected chi connectivity index (χ2v) is 5.85. The number of hydrogen-bond donors (Lipinski definition) is 2. The normalized spacial score (nSPS) is 9.58. The van der Waals surface area contributed by atoms with Crippen LogP contribution >= 0.6 is 11.3 Å². The van der Waals surface area contributed by atoms with Crippen LogP contribution in [-0.4, -0.2) is 29.9 Å². The van der Waals surface area contributed by atoms with Crippen molar-refractivity contribution in [1.82, 2.24) is 10.3 Å². The van der Waals surface area contributed by atoms with Crippen LogP contribution in [0.15, 0.2) is 29.6 Å². The third kappa shape index (κ3) is 5.74. The van der Waals surface area contributed by atoms with Gasteiger partial charge in [0, 0.05) is 24.1 Å². The molecule has 0 aliphatic rings. The minimum Gasteiger partial charge on any atom is -0.481 e. The molecule has 6 nitrogen and oxygen atoms in total. The van der Waals surface area contributed by atoms with E-state index in [2.05, 4.69) is 27.5 Å². The van der Waals surface area contributed by atoms with E-state index < -0.39 is 0 Å². The summed E-state index contributed by atoms with van der Waals surface area (Å²) in [6, 6.07) is 7.05. The Labute approximate surface area is 144 Å². The quantitative estimate of drug-likeness (QED) is 0.816. The average Bonchev–Trinajstić information content (AvgIpc) is 2.97. The van der Waals surface area contributed by atoms with Crippen LogP contribution in [0, 0.1) is 18.8 Å². The monoisotopic (exact) mass is 343 g/mol. The summed E-state index contributed by atoms with van der Waals surface area (Å²) in [5.41, 5.74) is 1.07. The van der Waals surface area contributed by atoms with Crippen molar-refractivity contribution in [3.63, 3.8) is 0 Å². The van der Waals surface area contributed by atoms with Gasteiger partial charge in [-0.25, -0.2) is 4.98 Å². The summed E-state index contributed by atoms with van der Waals surface area (Å²) in [5, 5.41) is 7.91. The van der Waals surface area contributed by atoms with Crippen molar-refractivity contribution in [2.24, 2.45) is 0 Å². The van der Waals surface area contributed by atoms with Crippen LogP contribution in [0.3, 0.4) is 0 Å². The van der Waals surface area contributed by atoms with Crippen molar-refractivity contribution >= 4 is 28.8 Å². The maximum Gasteiger partial charge on any atom is 0.271 e. The second-order valence-electron chi connectivity index (χ2n) is 4.79. The minimum atomic E-state index is -0.238. The van der Waals surface area contributed by atoms with Crippen molar-refractivity contribution in [1.29, 1.82) is 0 Å². The highest BCUT2D eigenvalue weighted by molar-refractivity contribution is 7.09. The molecule has 0 atom stereocenters. The Morgan fingerprint density at radius 3 is 2.88 bits per heavy atom. The molecule has 0 fully saturated rings. The van der Waals surface area contributed by atoms with Gasteiger partial charge in [-0.1, -0.05) is 17.9 Å². The highest BCUT2D eigenvalue weighted by atomic mass is 32.1. The largest absolute Gasteiger partial charge is 0.481 e. The molecule has 0 aliphatic heterocycles. The van der Waals surface area contributed by atoms with E-state index in [-0.39, 0.29) is 25.0 Å². The third-order valence-electron chi connectivity index (χ3n) is 2.78. The first-order valence-electron chi connectivity index (χ1n) is 7.21. The van der Waals surface area contributed by atoms with Gasteiger partial charge in [-0.15, -0.1) is 11.3 Å². The van der Waals surface area contributed by atoms with Gasteiger partial charge in [0.25, 0.3) is 5.91 Å². The number of anilines is 1. The topological polar surface area (TPSA) is 80.3 Å². The van der Waals surface area contributed by atoms with Crippen LogP contribution in [-0.2, 0) is 4.79 Å². The number of ether oxygens (including phenoxy) is 1. The number of rotatable bonds is 5. The molecule has 2 N–H and O–H groups in total. The van der Waals surface area contributed by atoms with Gasteiger partial charge in [0.15, 0.2) is 0 Å². The summed E-state index contributed by atoms with van der Waals surface area (Å²) in [7, 11) is 0. The number of carbonyl (C=O) groups excluding carboxylic acids is 2. The summed E-state index contributed by atoms with van der Waals surface area (Å²) in [6.45, 7) is 3.71. The number of aryl methyl sites for hydroxylation is 1. The van der Waals surface area contributed by atoms with Gasteiger partial charge in [-0.2, -0.15) is 0 Å². The predicted octanol–water partition coefficient (Wildman–Crippen LogP) is 2.22. The molecule has 2 amide bonds. The molecule has 0 saturated carbocycles. The molecule has 0 bridgehead atoms. The van der Waals surface area contributed by atoms with E-state index in [4.69, 9.17) is 4.74 Å². The summed E-state index contributed by atoms with van der Waals surface area (Å²) >= 11 is 1.43. The van der Waals surface area contributed by atoms with Gasteiger partial charge in [-0.05, 0) is 19.1 Å². The molecule has 124 valence electrons. The molecule has 1 aromatic heterocycles. The molecule has 24 heavy (non-hydrogen) atoms. The van der Waals surface area contributed by atoms with Crippen LogP contribution in [0.2, 0.25) is 0 Å². The Bertz CT molecular complexity index is 790. The van der Waals surface area contributed by atoms with Gasteiger partial charge in [-0.3, -0.25) is 9.59 Å². The van der Waals surface area contributed by atoms with Crippen LogP contribution in [0.4, 0.5) is 5.69 Å². The fourth-order valence-electron chi connectivity index (χ4n) is 1.78. The van der Waals surface area contributed by atoms with E-state index >= 15 is 0 Å². The fourth-order valence-corrected chi connectivity index (χ4v) is 2.38. The standard InChI is InChI=1S/C17H17N3O3S/c1-12(21)19-14-6-5-7-15(10-14)23-9-4-3-8-18-17(22)16-11-24-13(2)20-16/h5-7,10-11H,8-9H2,1-2H3,(H,18,22)(H,19,21). The Morgan fingerprint density at radius 2 is 2.17 bits per heavy atom. The first kappa shape index (κ1) is 17.5. The summed E-state index contributed by atoms with van der Waals surface area (Å²) < 4.78 is 5.47. The maximum atomic E-state index is 11.7. The van der Waals surface area contributed by atoms with Gasteiger partial charge in [0.05, 0.1) is 11.6 Å². The molecule has 0 unspecified atom stereocenters. The smallest absolute Gasteiger partial charge is 0.271 e. The lowest BCUT2D eigenvalue weighted by molar-refractivity contribution is -0.114. The zero-order chi connectivity index (χ0) is 17.4. The van der Waals surface area contributed by atoms with E-state index in [1.165, 1.54) is 18.3 Å². The Morgan fingerprint density at radius 1 is 1.33 bits per heavy atom. The molecular weight excluding hydrogens is 326 g/mol. The first-order valence-corrected chi connectivity index (χ1v) is 8.09. The van der Waals surface area contributed by atoms with Crippen molar-refractivity contribution in [3.05, 3.63) is 40.3 Å². The van der Waals surface area contributed by atoms with Crippen LogP contribution in [0.5, 0.6) is 5.75 Å². The van der Waals surface area contributed by atoms with Crippen molar-refractivity contribution in [2.45, 2.75) is 13.8 Å². The Hall–Kier alpha value is -2.85. The van der Waals surface area contributed by atoms with Gasteiger partial charge in [0.1, 0.15) is 18.1 Å².